The van der Waals surface area contributed by atoms with Gasteiger partial charge in [0.15, 0.2) is 62.0 Å². The minimum atomic E-state index is -5.84. The van der Waals surface area contributed by atoms with Gasteiger partial charge in [0.1, 0.15) is 97.0 Å². The Labute approximate surface area is 594 Å². The first-order valence-corrected chi connectivity index (χ1v) is 34.7. The Balaban J connectivity index is 1.43. The zero-order valence-corrected chi connectivity index (χ0v) is 59.6. The van der Waals surface area contributed by atoms with Gasteiger partial charge >= 0.3 is 19.9 Å². The fraction of sp³-hybridized carbons (Fsp3) is 0.750. The summed E-state index contributed by atoms with van der Waals surface area (Å²) in [5.41, 5.74) is 17.8. The number of nitrogens with two attached hydrogens (primary N) is 3. The first kappa shape index (κ1) is 88.2. The van der Waals surface area contributed by atoms with Gasteiger partial charge in [-0.25, -0.2) is 14.2 Å². The number of hydrogen-bond donors (Lipinski definition) is 18. The summed E-state index contributed by atoms with van der Waals surface area (Å²) >= 11 is 0. The van der Waals surface area contributed by atoms with E-state index in [0.717, 1.165) is 64.0 Å². The van der Waals surface area contributed by atoms with Crippen LogP contribution in [0, 0.1) is 5.41 Å². The average Bonchev–Trinajstić information content (AvgIpc) is 0.753. The number of carbonyl (C=O) groups excluding carboxylic acids is 5. The number of rotatable bonds is 37. The van der Waals surface area contributed by atoms with Crippen LogP contribution < -0.4 is 27.8 Å². The number of carbonyl (C=O) groups is 6. The number of nitrogens with one attached hydrogen (secondary N) is 2. The molecule has 5 rings (SSSR count). The molecule has 0 aromatic carbocycles. The molecule has 27 atom stereocenters. The summed E-state index contributed by atoms with van der Waals surface area (Å²) in [7, 11) is -5.84. The predicted molar refractivity (Wildman–Crippen MR) is 350 cm³/mol. The number of ether oxygens (including phenoxy) is 11. The number of aliphatic hydroxyl groups is 11. The summed E-state index contributed by atoms with van der Waals surface area (Å²) in [5.74, 6) is -6.56. The molecule has 0 saturated carbocycles. The number of aliphatic carboxylic acids is 1. The zero-order chi connectivity index (χ0) is 77.3. The highest BCUT2D eigenvalue weighted by Crippen LogP contribution is 2.49. The molecule has 16 unspecified atom stereocenters. The number of carboxylic acids is 1. The molecule has 5 aliphatic rings. The summed E-state index contributed by atoms with van der Waals surface area (Å²) in [6.45, 7) is 14.4. The lowest BCUT2D eigenvalue weighted by molar-refractivity contribution is -0.376. The van der Waals surface area contributed by atoms with Crippen molar-refractivity contribution < 1.29 is 161 Å². The van der Waals surface area contributed by atoms with Crippen molar-refractivity contribution in [3.8, 4) is 0 Å². The molecule has 5 heterocycles. The largest absolute Gasteiger partial charge is 0.479 e. The van der Waals surface area contributed by atoms with Crippen molar-refractivity contribution in [1.82, 2.24) is 10.6 Å². The molecule has 5 saturated heterocycles. The molecular weight excluding hydrogens is 1400 g/mol. The molecular formula is C64H104N5O33P. The molecule has 0 aromatic heterocycles. The molecule has 103 heavy (non-hydrogen) atoms. The van der Waals surface area contributed by atoms with Crippen LogP contribution in [0.5, 0.6) is 0 Å². The highest BCUT2D eigenvalue weighted by atomic mass is 31.2. The topological polar surface area (TPSA) is 605 Å². The van der Waals surface area contributed by atoms with E-state index in [1.54, 1.807) is 13.0 Å². The summed E-state index contributed by atoms with van der Waals surface area (Å²) in [6.07, 6.45) is -35.5. The number of carboxylic acid groups (broad SMARTS) is 1. The monoisotopic (exact) mass is 1500 g/mol. The van der Waals surface area contributed by atoms with Crippen LogP contribution in [0.3, 0.4) is 0 Å². The van der Waals surface area contributed by atoms with Crippen molar-refractivity contribution >= 4 is 43.5 Å². The van der Waals surface area contributed by atoms with Crippen molar-refractivity contribution in [3.05, 3.63) is 59.3 Å². The number of hydrogen-bond acceptors (Lipinski definition) is 31. The molecule has 39 heteroatoms. The van der Waals surface area contributed by atoms with Crippen LogP contribution in [0.2, 0.25) is 0 Å². The van der Waals surface area contributed by atoms with Crippen molar-refractivity contribution in [2.45, 2.75) is 266 Å². The summed E-state index contributed by atoms with van der Waals surface area (Å²) in [5, 5.41) is 136. The second-order valence-corrected chi connectivity index (χ2v) is 28.4. The van der Waals surface area contributed by atoms with E-state index in [-0.39, 0.29) is 12.0 Å². The smallest absolute Gasteiger partial charge is 0.474 e. The minimum absolute atomic E-state index is 0.144. The van der Waals surface area contributed by atoms with E-state index in [1.165, 1.54) is 11.1 Å². The quantitative estimate of drug-likeness (QED) is 0.0209. The van der Waals surface area contributed by atoms with Gasteiger partial charge in [-0.05, 0) is 85.0 Å². The fourth-order valence-corrected chi connectivity index (χ4v) is 12.5. The Hall–Kier alpha value is -5.41. The molecule has 0 aliphatic carbocycles. The van der Waals surface area contributed by atoms with Crippen LogP contribution in [0.25, 0.3) is 0 Å². The minimum Gasteiger partial charge on any atom is -0.479 e. The van der Waals surface area contributed by atoms with Crippen LogP contribution in [-0.2, 0) is 89.7 Å². The predicted octanol–water partition coefficient (Wildman–Crippen LogP) is -3.82. The third-order valence-electron chi connectivity index (χ3n) is 17.6. The third kappa shape index (κ3) is 25.1. The second-order valence-electron chi connectivity index (χ2n) is 27.0. The molecule has 0 spiro atoms. The fourth-order valence-electron chi connectivity index (χ4n) is 11.7. The summed E-state index contributed by atoms with van der Waals surface area (Å²) < 4.78 is 87.9. The molecule has 5 fully saturated rings. The Morgan fingerprint density at radius 3 is 1.73 bits per heavy atom. The maximum absolute atomic E-state index is 14.1. The van der Waals surface area contributed by atoms with Gasteiger partial charge < -0.3 is 146 Å². The lowest BCUT2D eigenvalue weighted by atomic mass is 9.85. The first-order valence-electron chi connectivity index (χ1n) is 33.2. The zero-order valence-electron chi connectivity index (χ0n) is 58.7. The SMILES string of the molecule is C=C(C/C=C(\C)CCC=C(C)C)CCC(C)(C)/C=C/CC/C(C)=C\CO[C@H](COP(=O)(O)O[C@H]1OC(C(N)=O)[C@@](C)(O)C(OC(N)=O)C1O[C@@H]1OC(CO[C@@H]2OC(CO)[C@@H](O)C(O)C2O)[C@@H](O[C@@H]2OC(CO)[C@@H](O[C@@H]3OC(C(N)=O)[C@H](O)C(O)C3O)C(O)C2NC(C)=O)C(O)C1NC(C)=O)C(=O)O. The Bertz CT molecular complexity index is 3020. The van der Waals surface area contributed by atoms with E-state index in [2.05, 4.69) is 70.1 Å². The third-order valence-corrected chi connectivity index (χ3v) is 18.5. The van der Waals surface area contributed by atoms with Crippen molar-refractivity contribution in [2.75, 3.05) is 33.0 Å². The number of phosphoric acid groups is 1. The van der Waals surface area contributed by atoms with Gasteiger partial charge in [-0.15, -0.1) is 0 Å². The van der Waals surface area contributed by atoms with Gasteiger partial charge in [0.05, 0.1) is 33.0 Å². The highest BCUT2D eigenvalue weighted by Gasteiger charge is 2.62. The number of amides is 5. The first-order chi connectivity index (χ1) is 48.0. The number of aliphatic hydroxyl groups excluding tert-OH is 10. The van der Waals surface area contributed by atoms with E-state index < -0.39 is 229 Å². The van der Waals surface area contributed by atoms with Gasteiger partial charge in [0.25, 0.3) is 0 Å². The molecule has 38 nitrogen and oxygen atoms in total. The van der Waals surface area contributed by atoms with Crippen molar-refractivity contribution in [3.63, 3.8) is 0 Å². The van der Waals surface area contributed by atoms with Gasteiger partial charge in [-0.3, -0.25) is 28.2 Å². The molecule has 0 aromatic rings. The Morgan fingerprint density at radius 2 is 1.17 bits per heavy atom. The molecule has 0 radical (unpaired) electrons. The van der Waals surface area contributed by atoms with Crippen LogP contribution >= 0.6 is 7.82 Å². The van der Waals surface area contributed by atoms with Crippen LogP contribution in [0.4, 0.5) is 4.79 Å². The van der Waals surface area contributed by atoms with Crippen LogP contribution in [-0.4, -0.2) is 294 Å². The number of primary amides is 3. The Morgan fingerprint density at radius 1 is 0.641 bits per heavy atom. The number of allylic oxidation sites excluding steroid dienone is 8. The summed E-state index contributed by atoms with van der Waals surface area (Å²) in [6, 6.07) is -4.06. The van der Waals surface area contributed by atoms with Crippen LogP contribution in [0.1, 0.15) is 107 Å². The normalized spacial score (nSPS) is 36.2. The summed E-state index contributed by atoms with van der Waals surface area (Å²) in [4.78, 5) is 87.8. The van der Waals surface area contributed by atoms with Crippen molar-refractivity contribution in [2.24, 2.45) is 22.6 Å². The van der Waals surface area contributed by atoms with Gasteiger partial charge in [-0.2, -0.15) is 0 Å². The van der Waals surface area contributed by atoms with E-state index >= 15 is 0 Å². The lowest BCUT2D eigenvalue weighted by Gasteiger charge is -2.52. The highest BCUT2D eigenvalue weighted by molar-refractivity contribution is 7.47. The molecule has 0 bridgehead atoms. The van der Waals surface area contributed by atoms with Gasteiger partial charge in [0, 0.05) is 13.8 Å². The second kappa shape index (κ2) is 39.4. The molecule has 5 amide bonds. The standard InChI is InChI=1S/C64H104N5O33P/c1-28(2)14-13-16-29(3)17-18-31(5)19-22-63(8,9)21-12-11-15-30(4)20-23-90-37(56(84)85)27-92-103(88,89)102-61-51(52(101-62(67)86)64(10,87)53(100-61)55(66)83)99-58-39(69-33(7)73)42(76)49(36(95-58)26-91-59-46(80)43(77)40(74)34(24-70)93-59)96-57-38(68-32(6)72)41(75)48(35(25-71)94-57)97-60-47(81)44(78)45(79)50(98-60)54(65)82/h12,14,17,20-21,34-53,57-61,70-71,74-81,87H,5,11,13,15-16,18-19,22-27H2,1-4,6-10H3,(H2,65,82)(H2,66,83)(H2,67,86)(H,68,72)(H,69,73)(H,84,85)(H,88,89)/b21-12+,29-17+,30-20-/t34?,35?,36?,37-,38?,39?,40-,41?,42?,43?,44?,45-,46?,47?,48-,49-,50?,51?,52?,53?,57+,58+,59-,60-,61-,64+/m1/s1. The van der Waals surface area contributed by atoms with Gasteiger partial charge in [-0.1, -0.05) is 73.1 Å². The number of phosphoric ester groups is 1. The Kier molecular flexibility index (Phi) is 33.8. The van der Waals surface area contributed by atoms with E-state index in [9.17, 15) is 99.5 Å². The molecule has 5 aliphatic heterocycles. The van der Waals surface area contributed by atoms with Gasteiger partial charge in [0.2, 0.25) is 23.6 Å². The average molecular weight is 1500 g/mol. The molecule has 588 valence electrons. The van der Waals surface area contributed by atoms with Crippen molar-refractivity contribution in [1.29, 1.82) is 0 Å². The van der Waals surface area contributed by atoms with E-state index in [4.69, 9.17) is 78.4 Å². The maximum Gasteiger partial charge on any atom is 0.474 e. The van der Waals surface area contributed by atoms with Crippen LogP contribution in [0.15, 0.2) is 59.3 Å². The van der Waals surface area contributed by atoms with E-state index in [1.807, 2.05) is 6.08 Å². The lowest BCUT2D eigenvalue weighted by Crippen LogP contribution is -2.72. The maximum atomic E-state index is 14.1. The molecule has 21 N–H and O–H groups in total. The van der Waals surface area contributed by atoms with E-state index in [0.29, 0.717) is 12.8 Å².